The number of rotatable bonds is 3. The Bertz CT molecular complexity index is 584. The Labute approximate surface area is 103 Å². The van der Waals surface area contributed by atoms with Crippen molar-refractivity contribution in [2.24, 2.45) is 5.73 Å². The van der Waals surface area contributed by atoms with Crippen molar-refractivity contribution in [3.8, 4) is 0 Å². The molecule has 0 aliphatic carbocycles. The molecular weight excluding hydrogens is 240 g/mol. The van der Waals surface area contributed by atoms with Gasteiger partial charge >= 0.3 is 0 Å². The van der Waals surface area contributed by atoms with Crippen LogP contribution in [-0.2, 0) is 11.3 Å². The first-order chi connectivity index (χ1) is 8.13. The minimum Gasteiger partial charge on any atom is -0.380 e. The molecule has 2 aromatic rings. The third kappa shape index (κ3) is 2.23. The molecule has 0 aliphatic heterocycles. The molecule has 0 aliphatic rings. The minimum absolute atomic E-state index is 0.308. The number of fused-ring (bicyclic) bond motifs is 1. The lowest BCUT2D eigenvalue weighted by atomic mass is 10.0. The van der Waals surface area contributed by atoms with Gasteiger partial charge in [-0.05, 0) is 23.8 Å². The summed E-state index contributed by atoms with van der Waals surface area (Å²) in [5.74, 6) is -0.501. The van der Waals surface area contributed by atoms with E-state index in [4.69, 9.17) is 22.1 Å². The fourth-order valence-corrected chi connectivity index (χ4v) is 1.91. The molecular formula is C12H11ClN2O2. The van der Waals surface area contributed by atoms with Gasteiger partial charge in [-0.15, -0.1) is 0 Å². The van der Waals surface area contributed by atoms with E-state index in [9.17, 15) is 4.79 Å². The van der Waals surface area contributed by atoms with Crippen LogP contribution in [0.25, 0.3) is 10.9 Å². The molecule has 2 rings (SSSR count). The summed E-state index contributed by atoms with van der Waals surface area (Å²) >= 11 is 6.04. The van der Waals surface area contributed by atoms with Gasteiger partial charge in [-0.1, -0.05) is 11.6 Å². The second-order valence-electron chi connectivity index (χ2n) is 3.62. The molecule has 0 saturated carbocycles. The molecule has 0 unspecified atom stereocenters. The van der Waals surface area contributed by atoms with Crippen molar-refractivity contribution in [1.29, 1.82) is 0 Å². The molecule has 1 amide bonds. The lowest BCUT2D eigenvalue weighted by molar-refractivity contribution is 0.0995. The summed E-state index contributed by atoms with van der Waals surface area (Å²) in [6.45, 7) is 0.308. The maximum atomic E-state index is 11.4. The Balaban J connectivity index is 2.72. The van der Waals surface area contributed by atoms with Gasteiger partial charge < -0.3 is 10.5 Å². The van der Waals surface area contributed by atoms with Crippen LogP contribution in [0.4, 0.5) is 0 Å². The lowest BCUT2D eigenvalue weighted by Gasteiger charge is -2.08. The van der Waals surface area contributed by atoms with Crippen LogP contribution in [0.2, 0.25) is 5.02 Å². The van der Waals surface area contributed by atoms with E-state index in [1.165, 1.54) is 0 Å². The van der Waals surface area contributed by atoms with Crippen LogP contribution < -0.4 is 5.73 Å². The van der Waals surface area contributed by atoms with Gasteiger partial charge in [-0.3, -0.25) is 9.78 Å². The average molecular weight is 251 g/mol. The van der Waals surface area contributed by atoms with Gasteiger partial charge in [0.05, 0.1) is 17.1 Å². The summed E-state index contributed by atoms with van der Waals surface area (Å²) in [6, 6.07) is 5.09. The minimum atomic E-state index is -0.501. The molecule has 0 spiro atoms. The number of amides is 1. The predicted molar refractivity (Wildman–Crippen MR) is 66.0 cm³/mol. The van der Waals surface area contributed by atoms with E-state index in [-0.39, 0.29) is 0 Å². The molecule has 1 aromatic heterocycles. The zero-order valence-electron chi connectivity index (χ0n) is 9.24. The highest BCUT2D eigenvalue weighted by Crippen LogP contribution is 2.25. The Morgan fingerprint density at radius 1 is 1.53 bits per heavy atom. The van der Waals surface area contributed by atoms with Crippen molar-refractivity contribution < 1.29 is 9.53 Å². The van der Waals surface area contributed by atoms with Crippen molar-refractivity contribution >= 4 is 28.4 Å². The summed E-state index contributed by atoms with van der Waals surface area (Å²) in [6.07, 6.45) is 1.62. The largest absolute Gasteiger partial charge is 0.380 e. The number of ether oxygens (including phenoxy) is 1. The first-order valence-electron chi connectivity index (χ1n) is 4.99. The van der Waals surface area contributed by atoms with Crippen molar-refractivity contribution in [2.75, 3.05) is 7.11 Å². The molecule has 2 N–H and O–H groups in total. The number of nitrogens with two attached hydrogens (primary N) is 1. The zero-order valence-corrected chi connectivity index (χ0v) is 9.99. The van der Waals surface area contributed by atoms with Gasteiger partial charge in [0.25, 0.3) is 0 Å². The van der Waals surface area contributed by atoms with Gasteiger partial charge in [-0.2, -0.15) is 0 Å². The van der Waals surface area contributed by atoms with Crippen molar-refractivity contribution in [3.05, 3.63) is 40.5 Å². The van der Waals surface area contributed by atoms with Crippen LogP contribution in [0.5, 0.6) is 0 Å². The van der Waals surface area contributed by atoms with E-state index in [1.54, 1.807) is 31.5 Å². The lowest BCUT2D eigenvalue weighted by Crippen LogP contribution is -2.14. The molecule has 88 valence electrons. The average Bonchev–Trinajstić information content (AvgIpc) is 2.29. The maximum absolute atomic E-state index is 11.4. The Morgan fingerprint density at radius 2 is 2.29 bits per heavy atom. The SMILES string of the molecule is COCc1cc2nccc(Cl)c2cc1C(N)=O. The topological polar surface area (TPSA) is 65.2 Å². The van der Waals surface area contributed by atoms with Crippen molar-refractivity contribution in [1.82, 2.24) is 4.98 Å². The number of carbonyl (C=O) groups is 1. The smallest absolute Gasteiger partial charge is 0.249 e. The fourth-order valence-electron chi connectivity index (χ4n) is 1.71. The van der Waals surface area contributed by atoms with Crippen LogP contribution >= 0.6 is 11.6 Å². The summed E-state index contributed by atoms with van der Waals surface area (Å²) < 4.78 is 5.03. The summed E-state index contributed by atoms with van der Waals surface area (Å²) in [7, 11) is 1.56. The van der Waals surface area contributed by atoms with Crippen LogP contribution in [0, 0.1) is 0 Å². The van der Waals surface area contributed by atoms with Gasteiger partial charge in [-0.25, -0.2) is 0 Å². The van der Waals surface area contributed by atoms with Crippen molar-refractivity contribution in [3.63, 3.8) is 0 Å². The molecule has 1 heterocycles. The monoisotopic (exact) mass is 250 g/mol. The molecule has 0 fully saturated rings. The normalized spacial score (nSPS) is 10.7. The van der Waals surface area contributed by atoms with Crippen molar-refractivity contribution in [2.45, 2.75) is 6.61 Å². The molecule has 4 nitrogen and oxygen atoms in total. The Morgan fingerprint density at radius 3 is 2.94 bits per heavy atom. The summed E-state index contributed by atoms with van der Waals surface area (Å²) in [4.78, 5) is 15.5. The molecule has 1 aromatic carbocycles. The Kier molecular flexibility index (Phi) is 3.26. The number of carbonyl (C=O) groups excluding carboxylic acids is 1. The van der Waals surface area contributed by atoms with Gasteiger partial charge in [0.15, 0.2) is 0 Å². The highest BCUT2D eigenvalue weighted by Gasteiger charge is 2.11. The molecule has 0 atom stereocenters. The van der Waals surface area contributed by atoms with E-state index in [0.29, 0.717) is 28.1 Å². The highest BCUT2D eigenvalue weighted by molar-refractivity contribution is 6.35. The van der Waals surface area contributed by atoms with E-state index in [1.807, 2.05) is 0 Å². The number of pyridine rings is 1. The van der Waals surface area contributed by atoms with Crippen LogP contribution in [0.15, 0.2) is 24.4 Å². The quantitative estimate of drug-likeness (QED) is 0.908. The van der Waals surface area contributed by atoms with Crippen LogP contribution in [0.1, 0.15) is 15.9 Å². The predicted octanol–water partition coefficient (Wildman–Crippen LogP) is 2.13. The molecule has 5 heteroatoms. The maximum Gasteiger partial charge on any atom is 0.249 e. The van der Waals surface area contributed by atoms with Crippen LogP contribution in [0.3, 0.4) is 0 Å². The summed E-state index contributed by atoms with van der Waals surface area (Å²) in [5.41, 5.74) is 7.17. The van der Waals surface area contributed by atoms with E-state index < -0.39 is 5.91 Å². The number of benzene rings is 1. The molecule has 0 radical (unpaired) electrons. The second kappa shape index (κ2) is 4.69. The molecule has 0 saturated heterocycles. The summed E-state index contributed by atoms with van der Waals surface area (Å²) in [5, 5.41) is 1.25. The van der Waals surface area contributed by atoms with Crippen LogP contribution in [-0.4, -0.2) is 18.0 Å². The van der Waals surface area contributed by atoms with E-state index in [0.717, 1.165) is 5.52 Å². The highest BCUT2D eigenvalue weighted by atomic mass is 35.5. The number of hydrogen-bond acceptors (Lipinski definition) is 3. The molecule has 0 bridgehead atoms. The third-order valence-electron chi connectivity index (χ3n) is 2.48. The number of hydrogen-bond donors (Lipinski definition) is 1. The first-order valence-corrected chi connectivity index (χ1v) is 5.37. The number of halogens is 1. The van der Waals surface area contributed by atoms with E-state index in [2.05, 4.69) is 4.98 Å². The van der Waals surface area contributed by atoms with E-state index >= 15 is 0 Å². The van der Waals surface area contributed by atoms with Gasteiger partial charge in [0.1, 0.15) is 0 Å². The van der Waals surface area contributed by atoms with Gasteiger partial charge in [0.2, 0.25) is 5.91 Å². The number of nitrogens with zero attached hydrogens (tertiary/aromatic N) is 1. The standard InChI is InChI=1S/C12H11ClN2O2/c1-17-6-7-4-11-9(5-8(7)12(14)16)10(13)2-3-15-11/h2-5H,6H2,1H3,(H2,14,16). The first kappa shape index (κ1) is 11.8. The second-order valence-corrected chi connectivity index (χ2v) is 4.02. The Hall–Kier alpha value is -1.65. The fraction of sp³-hybridized carbons (Fsp3) is 0.167. The zero-order chi connectivity index (χ0) is 12.4. The number of methoxy groups -OCH3 is 1. The molecule has 17 heavy (non-hydrogen) atoms. The number of aromatic nitrogens is 1. The third-order valence-corrected chi connectivity index (χ3v) is 2.81. The number of primary amides is 1. The van der Waals surface area contributed by atoms with Gasteiger partial charge in [0, 0.05) is 24.3 Å².